The number of hydrogen-bond acceptors (Lipinski definition) is 6. The Morgan fingerprint density at radius 1 is 1.07 bits per heavy atom. The van der Waals surface area contributed by atoms with Crippen molar-refractivity contribution in [3.05, 3.63) is 60.8 Å². The van der Waals surface area contributed by atoms with Crippen LogP contribution >= 0.6 is 0 Å². The summed E-state index contributed by atoms with van der Waals surface area (Å²) in [7, 11) is 0. The quantitative estimate of drug-likeness (QED) is 0.554. The van der Waals surface area contributed by atoms with Crippen molar-refractivity contribution < 1.29 is 9.13 Å². The second-order valence-corrected chi connectivity index (χ2v) is 6.94. The minimum Gasteiger partial charge on any atom is -0.356 e. The van der Waals surface area contributed by atoms with Gasteiger partial charge in [-0.2, -0.15) is 5.10 Å². The molecule has 0 bridgehead atoms. The molecule has 0 spiro atoms. The van der Waals surface area contributed by atoms with E-state index in [9.17, 15) is 4.39 Å². The Balaban J connectivity index is 1.46. The summed E-state index contributed by atoms with van der Waals surface area (Å²) in [5.74, 6) is 0.481. The first-order valence-corrected chi connectivity index (χ1v) is 9.57. The van der Waals surface area contributed by atoms with Gasteiger partial charge >= 0.3 is 0 Å². The Bertz CT molecular complexity index is 1140. The van der Waals surface area contributed by atoms with Crippen molar-refractivity contribution in [3.8, 4) is 11.3 Å². The molecule has 1 fully saturated rings. The number of halogens is 1. The van der Waals surface area contributed by atoms with E-state index in [-0.39, 0.29) is 6.23 Å². The summed E-state index contributed by atoms with van der Waals surface area (Å²) in [6.07, 6.45) is 7.88. The van der Waals surface area contributed by atoms with Crippen LogP contribution < -0.4 is 5.32 Å². The lowest BCUT2D eigenvalue weighted by molar-refractivity contribution is -0.0366. The van der Waals surface area contributed by atoms with Gasteiger partial charge in [0.15, 0.2) is 6.23 Å². The first kappa shape index (κ1) is 17.7. The van der Waals surface area contributed by atoms with Gasteiger partial charge in [0.1, 0.15) is 11.6 Å². The molecule has 29 heavy (non-hydrogen) atoms. The predicted molar refractivity (Wildman–Crippen MR) is 107 cm³/mol. The molecule has 5 rings (SSSR count). The van der Waals surface area contributed by atoms with Crippen LogP contribution in [0.2, 0.25) is 0 Å². The van der Waals surface area contributed by atoms with Crippen LogP contribution in [-0.4, -0.2) is 31.3 Å². The molecule has 1 aliphatic heterocycles. The maximum Gasteiger partial charge on any atom is 0.228 e. The number of nitrogens with one attached hydrogen (secondary N) is 1. The van der Waals surface area contributed by atoms with Crippen molar-refractivity contribution in [2.45, 2.75) is 25.5 Å². The molecule has 0 radical (unpaired) electrons. The fraction of sp³-hybridized carbons (Fsp3) is 0.238. The first-order chi connectivity index (χ1) is 14.3. The lowest BCUT2D eigenvalue weighted by atomic mass is 10.1. The van der Waals surface area contributed by atoms with Gasteiger partial charge in [0.05, 0.1) is 23.6 Å². The Hall–Kier alpha value is -3.39. The highest BCUT2D eigenvalue weighted by Crippen LogP contribution is 2.29. The molecule has 0 saturated carbocycles. The highest BCUT2D eigenvalue weighted by atomic mass is 19.1. The van der Waals surface area contributed by atoms with Crippen LogP contribution in [0.25, 0.3) is 22.2 Å². The average Bonchev–Trinajstić information content (AvgIpc) is 3.19. The van der Waals surface area contributed by atoms with E-state index in [1.807, 2.05) is 29.1 Å². The van der Waals surface area contributed by atoms with Gasteiger partial charge < -0.3 is 10.1 Å². The van der Waals surface area contributed by atoms with Crippen LogP contribution in [0.1, 0.15) is 25.5 Å². The van der Waals surface area contributed by atoms with E-state index < -0.39 is 5.82 Å². The number of benzene rings is 1. The van der Waals surface area contributed by atoms with E-state index in [0.717, 1.165) is 54.2 Å². The predicted octanol–water partition coefficient (Wildman–Crippen LogP) is 4.47. The van der Waals surface area contributed by atoms with Crippen LogP contribution in [0, 0.1) is 5.82 Å². The topological polar surface area (TPSA) is 77.8 Å². The molecule has 3 aromatic heterocycles. The molecule has 1 aromatic carbocycles. The molecule has 1 saturated heterocycles. The van der Waals surface area contributed by atoms with Crippen LogP contribution in [0.5, 0.6) is 0 Å². The summed E-state index contributed by atoms with van der Waals surface area (Å²) in [5.41, 5.74) is 2.74. The van der Waals surface area contributed by atoms with Crippen LogP contribution in [0.4, 0.5) is 16.2 Å². The van der Waals surface area contributed by atoms with Gasteiger partial charge in [0, 0.05) is 23.8 Å². The zero-order chi connectivity index (χ0) is 19.6. The zero-order valence-electron chi connectivity index (χ0n) is 15.6. The molecule has 8 heteroatoms. The van der Waals surface area contributed by atoms with E-state index in [0.29, 0.717) is 11.8 Å². The average molecular weight is 390 g/mol. The fourth-order valence-electron chi connectivity index (χ4n) is 3.49. The molecular formula is C21H19FN6O. The van der Waals surface area contributed by atoms with Crippen molar-refractivity contribution in [1.82, 2.24) is 24.7 Å². The van der Waals surface area contributed by atoms with Gasteiger partial charge in [-0.25, -0.2) is 24.0 Å². The van der Waals surface area contributed by atoms with E-state index in [1.165, 1.54) is 6.07 Å². The lowest BCUT2D eigenvalue weighted by Gasteiger charge is -2.23. The third-order valence-electron chi connectivity index (χ3n) is 4.95. The molecule has 7 nitrogen and oxygen atoms in total. The van der Waals surface area contributed by atoms with Crippen LogP contribution in [0.3, 0.4) is 0 Å². The van der Waals surface area contributed by atoms with E-state index in [4.69, 9.17) is 4.74 Å². The second kappa shape index (κ2) is 7.56. The van der Waals surface area contributed by atoms with Crippen molar-refractivity contribution in [2.24, 2.45) is 0 Å². The number of hydrogen-bond donors (Lipinski definition) is 1. The molecule has 4 heterocycles. The molecule has 0 amide bonds. The van der Waals surface area contributed by atoms with Crippen LogP contribution in [0.15, 0.2) is 55.0 Å². The number of nitrogens with zero attached hydrogens (tertiary/aromatic N) is 5. The van der Waals surface area contributed by atoms with Gasteiger partial charge in [0.2, 0.25) is 5.95 Å². The molecular weight excluding hydrogens is 371 g/mol. The lowest BCUT2D eigenvalue weighted by Crippen LogP contribution is -2.18. The molecule has 1 aliphatic rings. The van der Waals surface area contributed by atoms with Gasteiger partial charge in [-0.1, -0.05) is 12.1 Å². The van der Waals surface area contributed by atoms with Crippen molar-refractivity contribution >= 4 is 22.7 Å². The number of pyridine rings is 1. The van der Waals surface area contributed by atoms with Gasteiger partial charge in [0.25, 0.3) is 0 Å². The number of anilines is 2. The Morgan fingerprint density at radius 2 is 2.03 bits per heavy atom. The van der Waals surface area contributed by atoms with Crippen molar-refractivity contribution in [1.29, 1.82) is 0 Å². The minimum absolute atomic E-state index is 0.0244. The SMILES string of the molecule is Fc1ccc(Nc2nccc(-c3ccc4cnn(C5CCCCO5)c4c3)n2)nc1. The fourth-order valence-corrected chi connectivity index (χ4v) is 3.49. The summed E-state index contributed by atoms with van der Waals surface area (Å²) >= 11 is 0. The summed E-state index contributed by atoms with van der Waals surface area (Å²) in [6.45, 7) is 0.768. The molecule has 0 aliphatic carbocycles. The number of aromatic nitrogens is 5. The maximum atomic E-state index is 13.0. The Kier molecular flexibility index (Phi) is 4.61. The normalized spacial score (nSPS) is 16.8. The van der Waals surface area contributed by atoms with Crippen molar-refractivity contribution in [3.63, 3.8) is 0 Å². The van der Waals surface area contributed by atoms with Crippen LogP contribution in [-0.2, 0) is 4.74 Å². The number of rotatable bonds is 4. The molecule has 1 unspecified atom stereocenters. The standard InChI is InChI=1S/C21H19FN6O/c22-16-6-7-19(24-13-16)27-21-23-9-8-17(26-21)14-4-5-15-12-25-28(18(15)11-14)20-3-1-2-10-29-20/h4-9,11-13,20H,1-3,10H2,(H,23,24,26,27). The van der Waals surface area contributed by atoms with Gasteiger partial charge in [-0.05, 0) is 43.5 Å². The zero-order valence-corrected chi connectivity index (χ0v) is 15.6. The Labute approximate surface area is 166 Å². The smallest absolute Gasteiger partial charge is 0.228 e. The summed E-state index contributed by atoms with van der Waals surface area (Å²) < 4.78 is 20.9. The summed E-state index contributed by atoms with van der Waals surface area (Å²) in [4.78, 5) is 12.8. The monoisotopic (exact) mass is 390 g/mol. The van der Waals surface area contributed by atoms with E-state index in [2.05, 4.69) is 31.4 Å². The Morgan fingerprint density at radius 3 is 2.86 bits per heavy atom. The molecule has 4 aromatic rings. The molecule has 1 atom stereocenters. The second-order valence-electron chi connectivity index (χ2n) is 6.94. The van der Waals surface area contributed by atoms with E-state index in [1.54, 1.807) is 12.3 Å². The first-order valence-electron chi connectivity index (χ1n) is 9.57. The molecule has 1 N–H and O–H groups in total. The number of ether oxygens (including phenoxy) is 1. The third kappa shape index (κ3) is 3.66. The van der Waals surface area contributed by atoms with Gasteiger partial charge in [-0.15, -0.1) is 0 Å². The summed E-state index contributed by atoms with van der Waals surface area (Å²) in [6, 6.07) is 10.8. The molecule has 146 valence electrons. The van der Waals surface area contributed by atoms with E-state index >= 15 is 0 Å². The number of fused-ring (bicyclic) bond motifs is 1. The highest BCUT2D eigenvalue weighted by molar-refractivity contribution is 5.84. The minimum atomic E-state index is -0.392. The van der Waals surface area contributed by atoms with Gasteiger partial charge in [-0.3, -0.25) is 0 Å². The highest BCUT2D eigenvalue weighted by Gasteiger charge is 2.19. The summed E-state index contributed by atoms with van der Waals surface area (Å²) in [5, 5.41) is 8.60. The third-order valence-corrected chi connectivity index (χ3v) is 4.95. The maximum absolute atomic E-state index is 13.0. The van der Waals surface area contributed by atoms with Crippen molar-refractivity contribution in [2.75, 3.05) is 11.9 Å². The largest absolute Gasteiger partial charge is 0.356 e.